The van der Waals surface area contributed by atoms with Crippen molar-refractivity contribution >= 4 is 33.0 Å². The summed E-state index contributed by atoms with van der Waals surface area (Å²) in [5.41, 5.74) is 1.42. The van der Waals surface area contributed by atoms with Crippen LogP contribution in [0, 0.1) is 0 Å². The van der Waals surface area contributed by atoms with Crippen molar-refractivity contribution in [3.05, 3.63) is 69.7 Å². The van der Waals surface area contributed by atoms with E-state index in [0.29, 0.717) is 15.6 Å². The summed E-state index contributed by atoms with van der Waals surface area (Å²) in [6, 6.07) is 14.0. The van der Waals surface area contributed by atoms with Gasteiger partial charge in [0, 0.05) is 0 Å². The molecule has 5 heteroatoms. The standard InChI is InChI=1S/C14H12Cl2O2S/c15-13-7-6-12(8-14(13)16)10-19(17,18)9-11-4-2-1-3-5-11/h1-8H,9-10H2. The summed E-state index contributed by atoms with van der Waals surface area (Å²) < 4.78 is 24.2. The fraction of sp³-hybridized carbons (Fsp3) is 0.143. The fourth-order valence-corrected chi connectivity index (χ4v) is 3.57. The van der Waals surface area contributed by atoms with Gasteiger partial charge in [0.05, 0.1) is 21.6 Å². The third-order valence-electron chi connectivity index (χ3n) is 2.60. The van der Waals surface area contributed by atoms with Gasteiger partial charge in [-0.25, -0.2) is 8.42 Å². The van der Waals surface area contributed by atoms with Crippen molar-refractivity contribution in [1.82, 2.24) is 0 Å². The molecule has 100 valence electrons. The topological polar surface area (TPSA) is 34.1 Å². The van der Waals surface area contributed by atoms with Gasteiger partial charge < -0.3 is 0 Å². The number of benzene rings is 2. The maximum atomic E-state index is 12.1. The average molecular weight is 315 g/mol. The highest BCUT2D eigenvalue weighted by molar-refractivity contribution is 7.89. The van der Waals surface area contributed by atoms with Crippen LogP contribution < -0.4 is 0 Å². The van der Waals surface area contributed by atoms with E-state index in [4.69, 9.17) is 23.2 Å². The fourth-order valence-electron chi connectivity index (χ4n) is 1.76. The lowest BCUT2D eigenvalue weighted by Crippen LogP contribution is -2.07. The number of hydrogen-bond donors (Lipinski definition) is 0. The van der Waals surface area contributed by atoms with E-state index in [1.165, 1.54) is 0 Å². The van der Waals surface area contributed by atoms with Gasteiger partial charge in [-0.3, -0.25) is 0 Å². The summed E-state index contributed by atoms with van der Waals surface area (Å²) >= 11 is 11.7. The number of rotatable bonds is 4. The van der Waals surface area contributed by atoms with Crippen LogP contribution in [0.25, 0.3) is 0 Å². The second-order valence-electron chi connectivity index (χ2n) is 4.27. The minimum Gasteiger partial charge on any atom is -0.228 e. The minimum absolute atomic E-state index is 0.0219. The first kappa shape index (κ1) is 14.4. The number of sulfone groups is 1. The third-order valence-corrected chi connectivity index (χ3v) is 4.89. The second-order valence-corrected chi connectivity index (χ2v) is 7.15. The Balaban J connectivity index is 2.15. The zero-order valence-electron chi connectivity index (χ0n) is 10.0. The smallest absolute Gasteiger partial charge is 0.158 e. The molecule has 0 saturated carbocycles. The molecule has 0 heterocycles. The van der Waals surface area contributed by atoms with Crippen LogP contribution in [0.3, 0.4) is 0 Å². The lowest BCUT2D eigenvalue weighted by Gasteiger charge is -2.06. The van der Waals surface area contributed by atoms with E-state index in [0.717, 1.165) is 5.56 Å². The predicted octanol–water partition coefficient (Wildman–Crippen LogP) is 4.11. The number of halogens is 2. The molecule has 2 rings (SSSR count). The van der Waals surface area contributed by atoms with Gasteiger partial charge in [0.25, 0.3) is 0 Å². The van der Waals surface area contributed by atoms with Gasteiger partial charge in [0.2, 0.25) is 0 Å². The van der Waals surface area contributed by atoms with E-state index >= 15 is 0 Å². The van der Waals surface area contributed by atoms with E-state index in [9.17, 15) is 8.42 Å². The Kier molecular flexibility index (Phi) is 4.50. The molecular formula is C14H12Cl2O2S. The van der Waals surface area contributed by atoms with Gasteiger partial charge in [0.15, 0.2) is 9.84 Å². The van der Waals surface area contributed by atoms with Gasteiger partial charge in [-0.15, -0.1) is 0 Å². The zero-order chi connectivity index (χ0) is 13.9. The Bertz CT molecular complexity index is 667. The summed E-state index contributed by atoms with van der Waals surface area (Å²) in [5.74, 6) is -0.0210. The normalized spacial score (nSPS) is 11.5. The predicted molar refractivity (Wildman–Crippen MR) is 79.2 cm³/mol. The summed E-state index contributed by atoms with van der Waals surface area (Å²) in [5, 5.41) is 0.792. The molecule has 0 bridgehead atoms. The molecule has 2 nitrogen and oxygen atoms in total. The lowest BCUT2D eigenvalue weighted by molar-refractivity contribution is 0.594. The molecule has 0 aliphatic carbocycles. The SMILES string of the molecule is O=S(=O)(Cc1ccccc1)Cc1ccc(Cl)c(Cl)c1. The van der Waals surface area contributed by atoms with E-state index in [-0.39, 0.29) is 11.5 Å². The van der Waals surface area contributed by atoms with Gasteiger partial charge in [-0.2, -0.15) is 0 Å². The summed E-state index contributed by atoms with van der Waals surface area (Å²) in [6.07, 6.45) is 0. The van der Waals surface area contributed by atoms with Crippen LogP contribution in [0.5, 0.6) is 0 Å². The highest BCUT2D eigenvalue weighted by atomic mass is 35.5. The second kappa shape index (κ2) is 5.95. The molecule has 0 atom stereocenters. The largest absolute Gasteiger partial charge is 0.228 e. The molecule has 0 aliphatic heterocycles. The van der Waals surface area contributed by atoms with Crippen LogP contribution in [0.4, 0.5) is 0 Å². The van der Waals surface area contributed by atoms with Crippen LogP contribution in [-0.4, -0.2) is 8.42 Å². The molecule has 0 unspecified atom stereocenters. The maximum Gasteiger partial charge on any atom is 0.158 e. The van der Waals surface area contributed by atoms with Gasteiger partial charge >= 0.3 is 0 Å². The quantitative estimate of drug-likeness (QED) is 0.851. The number of hydrogen-bond acceptors (Lipinski definition) is 2. The molecule has 0 aromatic heterocycles. The first-order valence-corrected chi connectivity index (χ1v) is 8.22. The lowest BCUT2D eigenvalue weighted by atomic mass is 10.2. The van der Waals surface area contributed by atoms with Crippen LogP contribution in [0.15, 0.2) is 48.5 Å². The molecule has 0 amide bonds. The van der Waals surface area contributed by atoms with E-state index in [1.54, 1.807) is 30.3 Å². The Morgan fingerprint density at radius 3 is 2.05 bits per heavy atom. The Labute approximate surface area is 122 Å². The Morgan fingerprint density at radius 2 is 1.42 bits per heavy atom. The average Bonchev–Trinajstić information content (AvgIpc) is 2.34. The maximum absolute atomic E-state index is 12.1. The van der Waals surface area contributed by atoms with E-state index in [1.807, 2.05) is 18.2 Å². The first-order chi connectivity index (χ1) is 8.96. The highest BCUT2D eigenvalue weighted by Gasteiger charge is 2.13. The van der Waals surface area contributed by atoms with E-state index in [2.05, 4.69) is 0 Å². The van der Waals surface area contributed by atoms with Crippen molar-refractivity contribution in [2.75, 3.05) is 0 Å². The van der Waals surface area contributed by atoms with Crippen LogP contribution in [0.2, 0.25) is 10.0 Å². The molecule has 0 aliphatic rings. The van der Waals surface area contributed by atoms with Crippen molar-refractivity contribution in [2.45, 2.75) is 11.5 Å². The molecule has 19 heavy (non-hydrogen) atoms. The molecule has 2 aromatic rings. The Morgan fingerprint density at radius 1 is 0.789 bits per heavy atom. The van der Waals surface area contributed by atoms with Crippen molar-refractivity contribution < 1.29 is 8.42 Å². The van der Waals surface area contributed by atoms with Gasteiger partial charge in [-0.05, 0) is 23.3 Å². The summed E-state index contributed by atoms with van der Waals surface area (Å²) in [4.78, 5) is 0. The molecular weight excluding hydrogens is 303 g/mol. The van der Waals surface area contributed by atoms with Crippen LogP contribution >= 0.6 is 23.2 Å². The molecule has 0 radical (unpaired) electrons. The summed E-state index contributed by atoms with van der Waals surface area (Å²) in [6.45, 7) is 0. The zero-order valence-corrected chi connectivity index (χ0v) is 12.3. The molecule has 0 saturated heterocycles. The Hall–Kier alpha value is -1.03. The van der Waals surface area contributed by atoms with Crippen molar-refractivity contribution in [3.8, 4) is 0 Å². The van der Waals surface area contributed by atoms with E-state index < -0.39 is 9.84 Å². The van der Waals surface area contributed by atoms with Crippen molar-refractivity contribution in [3.63, 3.8) is 0 Å². The first-order valence-electron chi connectivity index (χ1n) is 5.64. The minimum atomic E-state index is -3.22. The van der Waals surface area contributed by atoms with Crippen molar-refractivity contribution in [2.24, 2.45) is 0 Å². The molecule has 0 fully saturated rings. The van der Waals surface area contributed by atoms with Gasteiger partial charge in [-0.1, -0.05) is 59.6 Å². The third kappa shape index (κ3) is 4.23. The van der Waals surface area contributed by atoms with Crippen LogP contribution in [-0.2, 0) is 21.3 Å². The monoisotopic (exact) mass is 314 g/mol. The van der Waals surface area contributed by atoms with Crippen LogP contribution in [0.1, 0.15) is 11.1 Å². The molecule has 2 aromatic carbocycles. The highest BCUT2D eigenvalue weighted by Crippen LogP contribution is 2.24. The molecule has 0 spiro atoms. The van der Waals surface area contributed by atoms with Gasteiger partial charge in [0.1, 0.15) is 0 Å². The van der Waals surface area contributed by atoms with Crippen molar-refractivity contribution in [1.29, 1.82) is 0 Å². The summed E-state index contributed by atoms with van der Waals surface area (Å²) in [7, 11) is -3.22. The molecule has 0 N–H and O–H groups in total.